The summed E-state index contributed by atoms with van der Waals surface area (Å²) in [6.45, 7) is 1.79. The van der Waals surface area contributed by atoms with Crippen LogP contribution >= 0.6 is 0 Å². The molecule has 0 aliphatic carbocycles. The zero-order chi connectivity index (χ0) is 14.8. The average molecular weight is 289 g/mol. The van der Waals surface area contributed by atoms with Gasteiger partial charge in [-0.15, -0.1) is 0 Å². The minimum atomic E-state index is -3.60. The van der Waals surface area contributed by atoms with Crippen LogP contribution in [0.4, 0.5) is 4.39 Å². The second-order valence-electron chi connectivity index (χ2n) is 4.49. The summed E-state index contributed by atoms with van der Waals surface area (Å²) in [5.74, 6) is -0.949. The third-order valence-electron chi connectivity index (χ3n) is 2.88. The van der Waals surface area contributed by atoms with Crippen LogP contribution in [0.2, 0.25) is 0 Å². The van der Waals surface area contributed by atoms with Gasteiger partial charge in [0.1, 0.15) is 5.82 Å². The molecule has 0 N–H and O–H groups in total. The van der Waals surface area contributed by atoms with E-state index >= 15 is 0 Å². The Morgan fingerprint density at radius 1 is 1.20 bits per heavy atom. The second kappa shape index (κ2) is 5.43. The van der Waals surface area contributed by atoms with Crippen LogP contribution in [-0.2, 0) is 15.6 Å². The lowest BCUT2D eigenvalue weighted by Gasteiger charge is -2.07. The number of hydrogen-bond donors (Lipinski definition) is 0. The van der Waals surface area contributed by atoms with Crippen molar-refractivity contribution in [3.05, 3.63) is 65.0 Å². The lowest BCUT2D eigenvalue weighted by molar-refractivity contribution is 0.594. The highest BCUT2D eigenvalue weighted by Crippen LogP contribution is 2.20. The fourth-order valence-electron chi connectivity index (χ4n) is 1.89. The number of nitrogens with zero attached hydrogens (tertiary/aromatic N) is 1. The van der Waals surface area contributed by atoms with Gasteiger partial charge in [-0.3, -0.25) is 0 Å². The first kappa shape index (κ1) is 14.2. The summed E-state index contributed by atoms with van der Waals surface area (Å²) in [4.78, 5) is 0.172. The van der Waals surface area contributed by atoms with Gasteiger partial charge in [0.05, 0.1) is 22.3 Å². The first-order chi connectivity index (χ1) is 9.42. The van der Waals surface area contributed by atoms with Crippen molar-refractivity contribution < 1.29 is 12.8 Å². The Kier molecular flexibility index (Phi) is 3.86. The third kappa shape index (κ3) is 3.03. The molecule has 0 aliphatic heterocycles. The van der Waals surface area contributed by atoms with Crippen LogP contribution in [0.5, 0.6) is 0 Å². The van der Waals surface area contributed by atoms with E-state index in [1.54, 1.807) is 25.1 Å². The first-order valence-corrected chi connectivity index (χ1v) is 7.55. The van der Waals surface area contributed by atoms with Crippen LogP contribution in [0.15, 0.2) is 47.4 Å². The van der Waals surface area contributed by atoms with E-state index < -0.39 is 21.4 Å². The lowest BCUT2D eigenvalue weighted by Crippen LogP contribution is -2.07. The van der Waals surface area contributed by atoms with Gasteiger partial charge in [-0.25, -0.2) is 12.8 Å². The van der Waals surface area contributed by atoms with Gasteiger partial charge in [0, 0.05) is 0 Å². The Hall–Kier alpha value is -2.19. The van der Waals surface area contributed by atoms with E-state index in [0.29, 0.717) is 0 Å². The number of sulfone groups is 1. The van der Waals surface area contributed by atoms with Crippen LogP contribution in [0.25, 0.3) is 0 Å². The molecule has 0 saturated heterocycles. The Morgan fingerprint density at radius 2 is 1.95 bits per heavy atom. The van der Waals surface area contributed by atoms with Gasteiger partial charge in [0.15, 0.2) is 9.84 Å². The maximum Gasteiger partial charge on any atom is 0.182 e. The second-order valence-corrected chi connectivity index (χ2v) is 6.48. The van der Waals surface area contributed by atoms with E-state index in [1.807, 2.05) is 6.07 Å². The molecule has 0 saturated carbocycles. The van der Waals surface area contributed by atoms with Crippen molar-refractivity contribution in [3.8, 4) is 6.07 Å². The largest absolute Gasteiger partial charge is 0.223 e. The van der Waals surface area contributed by atoms with E-state index in [4.69, 9.17) is 5.26 Å². The molecule has 102 valence electrons. The highest BCUT2D eigenvalue weighted by atomic mass is 32.2. The topological polar surface area (TPSA) is 57.9 Å². The summed E-state index contributed by atoms with van der Waals surface area (Å²) in [5.41, 5.74) is 1.17. The van der Waals surface area contributed by atoms with Crippen molar-refractivity contribution in [1.29, 1.82) is 5.26 Å². The molecule has 0 amide bonds. The van der Waals surface area contributed by atoms with Gasteiger partial charge in [-0.1, -0.05) is 12.1 Å². The van der Waals surface area contributed by atoms with Crippen LogP contribution in [0.3, 0.4) is 0 Å². The fourth-order valence-corrected chi connectivity index (χ4v) is 3.35. The first-order valence-electron chi connectivity index (χ1n) is 5.90. The molecule has 0 aliphatic rings. The smallest absolute Gasteiger partial charge is 0.182 e. The minimum Gasteiger partial charge on any atom is -0.223 e. The average Bonchev–Trinajstić information content (AvgIpc) is 2.38. The highest BCUT2D eigenvalue weighted by molar-refractivity contribution is 7.90. The van der Waals surface area contributed by atoms with Gasteiger partial charge in [0.2, 0.25) is 0 Å². The molecule has 5 heteroatoms. The summed E-state index contributed by atoms with van der Waals surface area (Å²) < 4.78 is 37.8. The number of nitriles is 1. The fraction of sp³-hybridized carbons (Fsp3) is 0.133. The predicted molar refractivity (Wildman–Crippen MR) is 73.2 cm³/mol. The summed E-state index contributed by atoms with van der Waals surface area (Å²) >= 11 is 0. The van der Waals surface area contributed by atoms with Gasteiger partial charge in [-0.05, 0) is 48.4 Å². The zero-order valence-electron chi connectivity index (χ0n) is 10.8. The number of hydrogen-bond acceptors (Lipinski definition) is 3. The summed E-state index contributed by atoms with van der Waals surface area (Å²) in [6.07, 6.45) is 0. The Bertz CT molecular complexity index is 792. The zero-order valence-corrected chi connectivity index (χ0v) is 11.6. The van der Waals surface area contributed by atoms with E-state index in [1.165, 1.54) is 12.1 Å². The summed E-state index contributed by atoms with van der Waals surface area (Å²) in [5, 5.41) is 8.95. The molecule has 0 unspecified atom stereocenters. The molecule has 2 aromatic carbocycles. The van der Waals surface area contributed by atoms with E-state index in [2.05, 4.69) is 0 Å². The van der Waals surface area contributed by atoms with E-state index in [0.717, 1.165) is 17.7 Å². The quantitative estimate of drug-likeness (QED) is 0.872. The molecule has 0 heterocycles. The van der Waals surface area contributed by atoms with E-state index in [9.17, 15) is 12.8 Å². The highest BCUT2D eigenvalue weighted by Gasteiger charge is 2.18. The van der Waals surface area contributed by atoms with Gasteiger partial charge >= 0.3 is 0 Å². The Morgan fingerprint density at radius 3 is 2.60 bits per heavy atom. The van der Waals surface area contributed by atoms with Crippen molar-refractivity contribution in [2.75, 3.05) is 0 Å². The van der Waals surface area contributed by atoms with E-state index in [-0.39, 0.29) is 16.0 Å². The maximum absolute atomic E-state index is 13.2. The van der Waals surface area contributed by atoms with Crippen molar-refractivity contribution in [2.24, 2.45) is 0 Å². The molecular formula is C15H12FNO2S. The number of benzene rings is 2. The molecule has 0 atom stereocenters. The van der Waals surface area contributed by atoms with Crippen molar-refractivity contribution in [2.45, 2.75) is 17.6 Å². The molecule has 0 bridgehead atoms. The Balaban J connectivity index is 2.44. The number of aryl methyl sites for hydroxylation is 1. The van der Waals surface area contributed by atoms with Gasteiger partial charge in [0.25, 0.3) is 0 Å². The molecule has 0 fully saturated rings. The van der Waals surface area contributed by atoms with Crippen molar-refractivity contribution in [1.82, 2.24) is 0 Å². The van der Waals surface area contributed by atoms with Crippen LogP contribution in [0, 0.1) is 24.1 Å². The molecule has 2 rings (SSSR count). The third-order valence-corrected chi connectivity index (χ3v) is 4.55. The molecule has 20 heavy (non-hydrogen) atoms. The number of halogens is 1. The standard InChI is InChI=1S/C15H12FNO2S/c1-11-3-2-4-15(7-11)20(18,19)10-13-8-14(16)6-5-12(13)9-17/h2-8H,10H2,1H3. The number of rotatable bonds is 3. The van der Waals surface area contributed by atoms with Crippen molar-refractivity contribution in [3.63, 3.8) is 0 Å². The molecule has 0 spiro atoms. The summed E-state index contributed by atoms with van der Waals surface area (Å²) in [7, 11) is -3.60. The molecule has 0 radical (unpaired) electrons. The van der Waals surface area contributed by atoms with Crippen molar-refractivity contribution >= 4 is 9.84 Å². The van der Waals surface area contributed by atoms with Gasteiger partial charge < -0.3 is 0 Å². The SMILES string of the molecule is Cc1cccc(S(=O)(=O)Cc2cc(F)ccc2C#N)c1. The minimum absolute atomic E-state index is 0.169. The van der Waals surface area contributed by atoms with Crippen LogP contribution in [0.1, 0.15) is 16.7 Å². The van der Waals surface area contributed by atoms with Crippen LogP contribution in [-0.4, -0.2) is 8.42 Å². The molecule has 2 aromatic rings. The van der Waals surface area contributed by atoms with Gasteiger partial charge in [-0.2, -0.15) is 5.26 Å². The lowest BCUT2D eigenvalue weighted by atomic mass is 10.1. The Labute approximate surface area is 117 Å². The predicted octanol–water partition coefficient (Wildman–Crippen LogP) is 2.98. The van der Waals surface area contributed by atoms with Crippen LogP contribution < -0.4 is 0 Å². The monoisotopic (exact) mass is 289 g/mol. The normalized spacial score (nSPS) is 11.1. The maximum atomic E-state index is 13.2. The molecule has 0 aromatic heterocycles. The summed E-state index contributed by atoms with van der Waals surface area (Å²) in [6, 6.07) is 11.9. The molecule has 3 nitrogen and oxygen atoms in total. The molecular weight excluding hydrogens is 277 g/mol.